The summed E-state index contributed by atoms with van der Waals surface area (Å²) in [6.07, 6.45) is 1.29. The molecule has 0 saturated carbocycles. The van der Waals surface area contributed by atoms with Crippen LogP contribution in [-0.4, -0.2) is 19.2 Å². The summed E-state index contributed by atoms with van der Waals surface area (Å²) >= 11 is 0. The molecule has 2 aromatic rings. The van der Waals surface area contributed by atoms with Gasteiger partial charge in [-0.15, -0.1) is 4.40 Å². The number of nitro groups is 1. The molecule has 2 aromatic carbocycles. The number of nitrogens with two attached hydrogens (primary N) is 1. The number of hydrogen-bond donors (Lipinski definition) is 1. The van der Waals surface area contributed by atoms with E-state index < -0.39 is 14.9 Å². The van der Waals surface area contributed by atoms with Crippen molar-refractivity contribution in [1.29, 1.82) is 0 Å². The van der Waals surface area contributed by atoms with Gasteiger partial charge in [-0.05, 0) is 23.8 Å². The van der Waals surface area contributed by atoms with Crippen molar-refractivity contribution < 1.29 is 13.3 Å². The summed E-state index contributed by atoms with van der Waals surface area (Å²) in [5.74, 6) is -0.112. The van der Waals surface area contributed by atoms with Crippen molar-refractivity contribution in [3.63, 3.8) is 0 Å². The van der Waals surface area contributed by atoms with E-state index in [4.69, 9.17) is 5.73 Å². The lowest BCUT2D eigenvalue weighted by molar-refractivity contribution is -0.384. The highest BCUT2D eigenvalue weighted by atomic mass is 32.2. The molecule has 7 nitrogen and oxygen atoms in total. The van der Waals surface area contributed by atoms with Crippen LogP contribution in [-0.2, 0) is 10.0 Å². The SMILES string of the molecule is NC(=NS(=O)(=O)/C=C/c1ccc([N+](=O)[O-])cc1)c1ccccc1. The van der Waals surface area contributed by atoms with E-state index in [9.17, 15) is 18.5 Å². The van der Waals surface area contributed by atoms with Gasteiger partial charge in [-0.25, -0.2) is 0 Å². The first-order valence-corrected chi connectivity index (χ1v) is 7.96. The molecule has 8 heteroatoms. The van der Waals surface area contributed by atoms with Crippen molar-refractivity contribution in [2.45, 2.75) is 0 Å². The summed E-state index contributed by atoms with van der Waals surface area (Å²) in [5, 5.41) is 11.4. The van der Waals surface area contributed by atoms with Gasteiger partial charge in [-0.2, -0.15) is 8.42 Å². The molecular weight excluding hydrogens is 318 g/mol. The molecule has 0 saturated heterocycles. The largest absolute Gasteiger partial charge is 0.383 e. The highest BCUT2D eigenvalue weighted by Gasteiger charge is 2.07. The van der Waals surface area contributed by atoms with Gasteiger partial charge in [-0.3, -0.25) is 10.1 Å². The normalized spacial score (nSPS) is 12.4. The maximum Gasteiger partial charge on any atom is 0.277 e. The third-order valence-corrected chi connectivity index (χ3v) is 3.76. The zero-order valence-electron chi connectivity index (χ0n) is 11.9. The van der Waals surface area contributed by atoms with Gasteiger partial charge in [0, 0.05) is 17.7 Å². The molecule has 0 fully saturated rings. The molecule has 0 aliphatic rings. The van der Waals surface area contributed by atoms with Crippen LogP contribution in [0.5, 0.6) is 0 Å². The molecule has 0 bridgehead atoms. The summed E-state index contributed by atoms with van der Waals surface area (Å²) in [6, 6.07) is 14.0. The maximum absolute atomic E-state index is 11.9. The minimum Gasteiger partial charge on any atom is -0.383 e. The van der Waals surface area contributed by atoms with E-state index in [2.05, 4.69) is 4.40 Å². The number of nitrogens with zero attached hydrogens (tertiary/aromatic N) is 2. The minimum absolute atomic E-state index is 0.0728. The number of amidine groups is 1. The fourth-order valence-corrected chi connectivity index (χ4v) is 2.47. The molecule has 0 amide bonds. The van der Waals surface area contributed by atoms with Crippen LogP contribution in [0, 0.1) is 10.1 Å². The van der Waals surface area contributed by atoms with Crippen LogP contribution in [0.3, 0.4) is 0 Å². The lowest BCUT2D eigenvalue weighted by atomic mass is 10.2. The second-order valence-corrected chi connectivity index (χ2v) is 5.99. The molecule has 0 aromatic heterocycles. The van der Waals surface area contributed by atoms with Crippen LogP contribution >= 0.6 is 0 Å². The minimum atomic E-state index is -3.91. The van der Waals surface area contributed by atoms with E-state index in [-0.39, 0.29) is 11.5 Å². The smallest absolute Gasteiger partial charge is 0.277 e. The van der Waals surface area contributed by atoms with Crippen molar-refractivity contribution >= 4 is 27.6 Å². The molecule has 118 valence electrons. The molecule has 23 heavy (non-hydrogen) atoms. The Morgan fingerprint density at radius 1 is 1.09 bits per heavy atom. The molecule has 0 atom stereocenters. The van der Waals surface area contributed by atoms with Crippen molar-refractivity contribution in [3.05, 3.63) is 81.2 Å². The van der Waals surface area contributed by atoms with Crippen molar-refractivity contribution in [3.8, 4) is 0 Å². The zero-order chi connectivity index (χ0) is 16.9. The second-order valence-electron chi connectivity index (χ2n) is 4.51. The second kappa shape index (κ2) is 6.84. The fourth-order valence-electron chi connectivity index (χ4n) is 1.70. The van der Waals surface area contributed by atoms with E-state index in [1.165, 1.54) is 30.3 Å². The summed E-state index contributed by atoms with van der Waals surface area (Å²) in [6.45, 7) is 0. The molecule has 0 spiro atoms. The number of sulfonamides is 1. The molecule has 0 heterocycles. The van der Waals surface area contributed by atoms with Crippen molar-refractivity contribution in [2.75, 3.05) is 0 Å². The van der Waals surface area contributed by atoms with Gasteiger partial charge in [0.25, 0.3) is 15.7 Å². The first-order valence-electron chi connectivity index (χ1n) is 6.46. The van der Waals surface area contributed by atoms with Crippen molar-refractivity contribution in [2.24, 2.45) is 10.1 Å². The highest BCUT2D eigenvalue weighted by molar-refractivity contribution is 7.93. The highest BCUT2D eigenvalue weighted by Crippen LogP contribution is 2.13. The Labute approximate surface area is 133 Å². The van der Waals surface area contributed by atoms with E-state index in [0.717, 1.165) is 5.41 Å². The average molecular weight is 331 g/mol. The molecule has 0 aliphatic heterocycles. The summed E-state index contributed by atoms with van der Waals surface area (Å²) in [4.78, 5) is 10.0. The first kappa shape index (κ1) is 16.4. The Balaban J connectivity index is 2.19. The predicted molar refractivity (Wildman–Crippen MR) is 88.2 cm³/mol. The van der Waals surface area contributed by atoms with Crippen molar-refractivity contribution in [1.82, 2.24) is 0 Å². The third-order valence-electron chi connectivity index (χ3n) is 2.83. The first-order chi connectivity index (χ1) is 10.9. The third kappa shape index (κ3) is 4.75. The molecule has 0 aliphatic carbocycles. The number of non-ortho nitro benzene ring substituents is 1. The summed E-state index contributed by atoms with van der Waals surface area (Å²) in [7, 11) is -3.91. The lowest BCUT2D eigenvalue weighted by Gasteiger charge is -1.99. The monoisotopic (exact) mass is 331 g/mol. The van der Waals surface area contributed by atoms with Gasteiger partial charge in [0.15, 0.2) is 0 Å². The summed E-state index contributed by atoms with van der Waals surface area (Å²) in [5.41, 5.74) is 6.59. The van der Waals surface area contributed by atoms with Gasteiger partial charge in [0.05, 0.1) is 10.3 Å². The fraction of sp³-hybridized carbons (Fsp3) is 0. The summed E-state index contributed by atoms with van der Waals surface area (Å²) < 4.78 is 27.3. The average Bonchev–Trinajstić information content (AvgIpc) is 2.54. The lowest BCUT2D eigenvalue weighted by Crippen LogP contribution is -2.15. The van der Waals surface area contributed by atoms with Crippen LogP contribution < -0.4 is 5.73 Å². The molecule has 2 N–H and O–H groups in total. The van der Waals surface area contributed by atoms with Gasteiger partial charge < -0.3 is 5.73 Å². The predicted octanol–water partition coefficient (Wildman–Crippen LogP) is 2.30. The van der Waals surface area contributed by atoms with E-state index >= 15 is 0 Å². The Morgan fingerprint density at radius 2 is 1.70 bits per heavy atom. The molecular formula is C15H13N3O4S. The quantitative estimate of drug-likeness (QED) is 0.390. The maximum atomic E-state index is 11.9. The van der Waals surface area contributed by atoms with Gasteiger partial charge >= 0.3 is 0 Å². The molecule has 0 unspecified atom stereocenters. The Morgan fingerprint density at radius 3 is 2.26 bits per heavy atom. The number of benzene rings is 2. The van der Waals surface area contributed by atoms with Gasteiger partial charge in [0.2, 0.25) is 0 Å². The van der Waals surface area contributed by atoms with Gasteiger partial charge in [0.1, 0.15) is 5.84 Å². The van der Waals surface area contributed by atoms with E-state index in [1.807, 2.05) is 0 Å². The topological polar surface area (TPSA) is 116 Å². The Hall–Kier alpha value is -3.00. The van der Waals surface area contributed by atoms with Crippen LogP contribution in [0.2, 0.25) is 0 Å². The molecule has 0 radical (unpaired) electrons. The van der Waals surface area contributed by atoms with Crippen LogP contribution in [0.4, 0.5) is 5.69 Å². The van der Waals surface area contributed by atoms with Gasteiger partial charge in [-0.1, -0.05) is 30.3 Å². The number of nitro benzene ring substituents is 1. The zero-order valence-corrected chi connectivity index (χ0v) is 12.7. The van der Waals surface area contributed by atoms with E-state index in [0.29, 0.717) is 11.1 Å². The van der Waals surface area contributed by atoms with E-state index in [1.54, 1.807) is 30.3 Å². The number of rotatable bonds is 5. The molecule has 2 rings (SSSR count). The van der Waals surface area contributed by atoms with Crippen LogP contribution in [0.1, 0.15) is 11.1 Å². The standard InChI is InChI=1S/C15H13N3O4S/c16-15(13-4-2-1-3-5-13)17-23(21,22)11-10-12-6-8-14(9-7-12)18(19)20/h1-11H,(H2,16,17)/b11-10+. The Kier molecular flexibility index (Phi) is 4.87. The van der Waals surface area contributed by atoms with Crippen LogP contribution in [0.15, 0.2) is 64.4 Å². The van der Waals surface area contributed by atoms with Crippen LogP contribution in [0.25, 0.3) is 6.08 Å². The Bertz CT molecular complexity index is 857. The number of hydrogen-bond acceptors (Lipinski definition) is 4.